The minimum atomic E-state index is 0.757. The third kappa shape index (κ3) is 3.09. The van der Waals surface area contributed by atoms with Crippen molar-refractivity contribution in [2.45, 2.75) is 6.42 Å². The Morgan fingerprint density at radius 2 is 2.25 bits per heavy atom. The molecule has 0 amide bonds. The molecule has 0 radical (unpaired) electrons. The van der Waals surface area contributed by atoms with Crippen molar-refractivity contribution in [3.05, 3.63) is 27.4 Å². The summed E-state index contributed by atoms with van der Waals surface area (Å²) in [6.07, 6.45) is 1.03. The first-order valence-electron chi connectivity index (χ1n) is 4.82. The largest absolute Gasteiger partial charge is 0.483 e. The molecular weight excluding hydrogens is 372 g/mol. The van der Waals surface area contributed by atoms with Gasteiger partial charge in [0, 0.05) is 15.8 Å². The summed E-state index contributed by atoms with van der Waals surface area (Å²) in [6, 6.07) is 4.25. The van der Waals surface area contributed by atoms with Gasteiger partial charge in [-0.1, -0.05) is 27.3 Å². The highest BCUT2D eigenvalue weighted by molar-refractivity contribution is 9.10. The van der Waals surface area contributed by atoms with Crippen molar-refractivity contribution in [2.24, 2.45) is 0 Å². The molecule has 0 unspecified atom stereocenters. The van der Waals surface area contributed by atoms with Crippen molar-refractivity contribution in [3.63, 3.8) is 0 Å². The number of rotatable bonds is 5. The lowest BCUT2D eigenvalue weighted by molar-refractivity contribution is 0.326. The molecule has 0 atom stereocenters. The van der Waals surface area contributed by atoms with Gasteiger partial charge in [0.15, 0.2) is 5.06 Å². The van der Waals surface area contributed by atoms with E-state index < -0.39 is 0 Å². The lowest BCUT2D eigenvalue weighted by Crippen LogP contribution is -1.95. The second kappa shape index (κ2) is 6.19. The molecule has 1 nitrogen and oxygen atoms in total. The van der Waals surface area contributed by atoms with Gasteiger partial charge in [-0.3, -0.25) is 0 Å². The summed E-state index contributed by atoms with van der Waals surface area (Å²) in [5, 5.41) is 6.20. The Labute approximate surface area is 120 Å². The highest BCUT2D eigenvalue weighted by Gasteiger charge is 2.09. The lowest BCUT2D eigenvalue weighted by atomic mass is 10.3. The standard InChI is InChI=1S/C11H10Br2OS2/c12-3-1-4-14-11-9(13)6-10(16-11)8-2-5-15-7-8/h2,5-7H,1,3-4H2. The summed E-state index contributed by atoms with van der Waals surface area (Å²) in [5.41, 5.74) is 1.27. The molecule has 2 heterocycles. The van der Waals surface area contributed by atoms with Gasteiger partial charge < -0.3 is 4.74 Å². The smallest absolute Gasteiger partial charge is 0.188 e. The molecule has 0 aromatic carbocycles. The summed E-state index contributed by atoms with van der Waals surface area (Å²) < 4.78 is 6.75. The molecule has 0 spiro atoms. The molecule has 0 bridgehead atoms. The van der Waals surface area contributed by atoms with E-state index in [0.717, 1.165) is 27.9 Å². The van der Waals surface area contributed by atoms with Gasteiger partial charge in [-0.15, -0.1) is 0 Å². The second-order valence-corrected chi connectivity index (χ2v) is 6.59. The molecule has 0 aliphatic heterocycles. The number of hydrogen-bond donors (Lipinski definition) is 0. The molecule has 2 aromatic heterocycles. The topological polar surface area (TPSA) is 9.23 Å². The van der Waals surface area contributed by atoms with Crippen molar-refractivity contribution in [3.8, 4) is 15.5 Å². The first kappa shape index (κ1) is 12.6. The third-order valence-corrected chi connectivity index (χ3v) is 5.16. The predicted molar refractivity (Wildman–Crippen MR) is 79.2 cm³/mol. The van der Waals surface area contributed by atoms with Gasteiger partial charge in [-0.05, 0) is 45.2 Å². The molecule has 0 aliphatic carbocycles. The minimum Gasteiger partial charge on any atom is -0.483 e. The first-order valence-corrected chi connectivity index (χ1v) is 8.49. The summed E-state index contributed by atoms with van der Waals surface area (Å²) >= 11 is 10.3. The van der Waals surface area contributed by atoms with Crippen LogP contribution in [-0.2, 0) is 0 Å². The summed E-state index contributed by atoms with van der Waals surface area (Å²) in [7, 11) is 0. The Hall–Kier alpha value is 0.160. The van der Waals surface area contributed by atoms with Crippen LogP contribution in [0.15, 0.2) is 27.4 Å². The monoisotopic (exact) mass is 380 g/mol. The average Bonchev–Trinajstić information content (AvgIpc) is 2.88. The molecule has 2 aromatic rings. The van der Waals surface area contributed by atoms with Gasteiger partial charge >= 0.3 is 0 Å². The lowest BCUT2D eigenvalue weighted by Gasteiger charge is -2.01. The zero-order chi connectivity index (χ0) is 11.4. The van der Waals surface area contributed by atoms with Crippen LogP contribution in [0.3, 0.4) is 0 Å². The SMILES string of the molecule is BrCCCOc1sc(-c2ccsc2)cc1Br. The van der Waals surface area contributed by atoms with Crippen molar-refractivity contribution < 1.29 is 4.74 Å². The van der Waals surface area contributed by atoms with E-state index in [9.17, 15) is 0 Å². The normalized spacial score (nSPS) is 10.6. The second-order valence-electron chi connectivity index (χ2n) is 3.15. The Bertz CT molecular complexity index is 437. The van der Waals surface area contributed by atoms with E-state index >= 15 is 0 Å². The van der Waals surface area contributed by atoms with Crippen LogP contribution in [-0.4, -0.2) is 11.9 Å². The maximum absolute atomic E-state index is 5.70. The number of hydrogen-bond acceptors (Lipinski definition) is 3. The molecule has 2 rings (SSSR count). The molecule has 0 saturated carbocycles. The Morgan fingerprint density at radius 1 is 1.38 bits per heavy atom. The van der Waals surface area contributed by atoms with Crippen molar-refractivity contribution in [2.75, 3.05) is 11.9 Å². The summed E-state index contributed by atoms with van der Waals surface area (Å²) in [5.74, 6) is 0. The predicted octanol–water partition coefficient (Wildman–Crippen LogP) is 5.40. The van der Waals surface area contributed by atoms with Gasteiger partial charge in [-0.2, -0.15) is 11.3 Å². The summed E-state index contributed by atoms with van der Waals surface area (Å²) in [4.78, 5) is 1.25. The van der Waals surface area contributed by atoms with E-state index in [0.29, 0.717) is 0 Å². The van der Waals surface area contributed by atoms with E-state index in [4.69, 9.17) is 4.74 Å². The first-order chi connectivity index (χ1) is 7.81. The van der Waals surface area contributed by atoms with E-state index in [2.05, 4.69) is 54.8 Å². The van der Waals surface area contributed by atoms with Gasteiger partial charge in [0.25, 0.3) is 0 Å². The van der Waals surface area contributed by atoms with Gasteiger partial charge in [0.1, 0.15) is 0 Å². The molecule has 5 heteroatoms. The fourth-order valence-electron chi connectivity index (χ4n) is 1.22. The number of thiophene rings is 2. The van der Waals surface area contributed by atoms with Crippen LogP contribution in [0.4, 0.5) is 0 Å². The average molecular weight is 382 g/mol. The molecule has 0 aliphatic rings. The molecular formula is C11H10Br2OS2. The van der Waals surface area contributed by atoms with Gasteiger partial charge in [0.2, 0.25) is 0 Å². The van der Waals surface area contributed by atoms with Crippen LogP contribution < -0.4 is 4.74 Å². The van der Waals surface area contributed by atoms with Crippen molar-refractivity contribution in [1.82, 2.24) is 0 Å². The zero-order valence-corrected chi connectivity index (χ0v) is 13.2. The quantitative estimate of drug-likeness (QED) is 0.497. The van der Waals surface area contributed by atoms with Crippen molar-refractivity contribution in [1.29, 1.82) is 0 Å². The fourth-order valence-corrected chi connectivity index (χ4v) is 3.83. The van der Waals surface area contributed by atoms with Gasteiger partial charge in [0.05, 0.1) is 11.1 Å². The molecule has 16 heavy (non-hydrogen) atoms. The van der Waals surface area contributed by atoms with E-state index in [1.807, 2.05) is 0 Å². The molecule has 0 saturated heterocycles. The number of ether oxygens (including phenoxy) is 1. The van der Waals surface area contributed by atoms with Crippen LogP contribution >= 0.6 is 54.5 Å². The Kier molecular flexibility index (Phi) is 4.88. The van der Waals surface area contributed by atoms with E-state index in [1.54, 1.807) is 22.7 Å². The third-order valence-electron chi connectivity index (χ3n) is 1.97. The maximum atomic E-state index is 5.70. The van der Waals surface area contributed by atoms with Crippen LogP contribution in [0.2, 0.25) is 0 Å². The van der Waals surface area contributed by atoms with Crippen LogP contribution in [0.25, 0.3) is 10.4 Å². The van der Waals surface area contributed by atoms with Crippen molar-refractivity contribution >= 4 is 54.5 Å². The van der Waals surface area contributed by atoms with Crippen LogP contribution in [0, 0.1) is 0 Å². The molecule has 86 valence electrons. The Morgan fingerprint density at radius 3 is 2.94 bits per heavy atom. The van der Waals surface area contributed by atoms with Gasteiger partial charge in [-0.25, -0.2) is 0 Å². The molecule has 0 N–H and O–H groups in total. The number of alkyl halides is 1. The maximum Gasteiger partial charge on any atom is 0.188 e. The Balaban J connectivity index is 2.10. The number of halogens is 2. The highest BCUT2D eigenvalue weighted by atomic mass is 79.9. The fraction of sp³-hybridized carbons (Fsp3) is 0.273. The summed E-state index contributed by atoms with van der Waals surface area (Å²) in [6.45, 7) is 0.757. The highest BCUT2D eigenvalue weighted by Crippen LogP contribution is 2.40. The van der Waals surface area contributed by atoms with Crippen LogP contribution in [0.5, 0.6) is 5.06 Å². The molecule has 0 fully saturated rings. The van der Waals surface area contributed by atoms with Crippen LogP contribution in [0.1, 0.15) is 6.42 Å². The van der Waals surface area contributed by atoms with E-state index in [-0.39, 0.29) is 0 Å². The zero-order valence-electron chi connectivity index (χ0n) is 8.41. The van der Waals surface area contributed by atoms with E-state index in [1.165, 1.54) is 10.4 Å². The minimum absolute atomic E-state index is 0.757.